The zero-order valence-electron chi connectivity index (χ0n) is 8.88. The Morgan fingerprint density at radius 3 is 2.81 bits per heavy atom. The van der Waals surface area contributed by atoms with Crippen LogP contribution in [0.4, 0.5) is 0 Å². The third-order valence-corrected chi connectivity index (χ3v) is 3.16. The van der Waals surface area contributed by atoms with Gasteiger partial charge in [-0.3, -0.25) is 14.3 Å². The lowest BCUT2D eigenvalue weighted by Gasteiger charge is -2.41. The van der Waals surface area contributed by atoms with E-state index in [1.807, 2.05) is 0 Å². The molecule has 1 heterocycles. The summed E-state index contributed by atoms with van der Waals surface area (Å²) < 4.78 is 1.33. The number of H-pyrrole nitrogens is 1. The van der Waals surface area contributed by atoms with Crippen molar-refractivity contribution >= 4 is 0 Å². The SMILES string of the molecule is Cc1cn([C@H]2C[C@@H](CO)[C@@H]2O)c(=O)[nH]c1=O. The van der Waals surface area contributed by atoms with Crippen LogP contribution in [0.1, 0.15) is 18.0 Å². The Morgan fingerprint density at radius 2 is 2.25 bits per heavy atom. The summed E-state index contributed by atoms with van der Waals surface area (Å²) in [6.45, 7) is 1.51. The fourth-order valence-electron chi connectivity index (χ4n) is 2.00. The Morgan fingerprint density at radius 1 is 1.56 bits per heavy atom. The van der Waals surface area contributed by atoms with Gasteiger partial charge in [-0.05, 0) is 13.3 Å². The lowest BCUT2D eigenvalue weighted by Crippen LogP contribution is -2.49. The quantitative estimate of drug-likeness (QED) is 0.587. The van der Waals surface area contributed by atoms with Gasteiger partial charge >= 0.3 is 5.69 Å². The van der Waals surface area contributed by atoms with Crippen LogP contribution < -0.4 is 11.2 Å². The Balaban J connectivity index is 2.33. The van der Waals surface area contributed by atoms with Gasteiger partial charge < -0.3 is 10.2 Å². The van der Waals surface area contributed by atoms with Crippen LogP contribution in [0.15, 0.2) is 15.8 Å². The number of aliphatic hydroxyl groups is 2. The maximum atomic E-state index is 11.5. The van der Waals surface area contributed by atoms with Gasteiger partial charge in [0.25, 0.3) is 5.56 Å². The molecule has 0 amide bonds. The molecule has 0 radical (unpaired) electrons. The second kappa shape index (κ2) is 3.88. The van der Waals surface area contributed by atoms with Gasteiger partial charge in [0.05, 0.1) is 12.1 Å². The number of nitrogens with one attached hydrogen (secondary N) is 1. The normalized spacial score (nSPS) is 28.8. The number of aromatic nitrogens is 2. The van der Waals surface area contributed by atoms with Crippen LogP contribution in [-0.4, -0.2) is 32.5 Å². The first kappa shape index (κ1) is 11.1. The van der Waals surface area contributed by atoms with Gasteiger partial charge in [0.1, 0.15) is 0 Å². The van der Waals surface area contributed by atoms with Crippen molar-refractivity contribution in [1.82, 2.24) is 9.55 Å². The van der Waals surface area contributed by atoms with Crippen LogP contribution in [0.3, 0.4) is 0 Å². The predicted octanol–water partition coefficient (Wildman–Crippen LogP) is -1.24. The number of hydrogen-bond donors (Lipinski definition) is 3. The zero-order valence-corrected chi connectivity index (χ0v) is 8.88. The van der Waals surface area contributed by atoms with Gasteiger partial charge in [-0.15, -0.1) is 0 Å². The van der Waals surface area contributed by atoms with Crippen LogP contribution in [-0.2, 0) is 0 Å². The first-order valence-electron chi connectivity index (χ1n) is 5.15. The van der Waals surface area contributed by atoms with Crippen molar-refractivity contribution in [2.75, 3.05) is 6.61 Å². The monoisotopic (exact) mass is 226 g/mol. The van der Waals surface area contributed by atoms with E-state index in [4.69, 9.17) is 5.11 Å². The summed E-state index contributed by atoms with van der Waals surface area (Å²) in [5, 5.41) is 18.6. The van der Waals surface area contributed by atoms with E-state index in [0.717, 1.165) is 0 Å². The second-order valence-electron chi connectivity index (χ2n) is 4.21. The molecule has 0 unspecified atom stereocenters. The van der Waals surface area contributed by atoms with E-state index in [-0.39, 0.29) is 18.6 Å². The lowest BCUT2D eigenvalue weighted by atomic mass is 9.77. The van der Waals surface area contributed by atoms with Crippen molar-refractivity contribution in [2.45, 2.75) is 25.5 Å². The molecule has 0 spiro atoms. The van der Waals surface area contributed by atoms with Crippen molar-refractivity contribution in [2.24, 2.45) is 5.92 Å². The zero-order chi connectivity index (χ0) is 11.9. The van der Waals surface area contributed by atoms with Crippen LogP contribution in [0.5, 0.6) is 0 Å². The first-order chi connectivity index (χ1) is 7.54. The van der Waals surface area contributed by atoms with Crippen molar-refractivity contribution < 1.29 is 10.2 Å². The fraction of sp³-hybridized carbons (Fsp3) is 0.600. The van der Waals surface area contributed by atoms with E-state index < -0.39 is 17.4 Å². The molecule has 1 aromatic rings. The molecule has 6 heteroatoms. The highest BCUT2D eigenvalue weighted by Crippen LogP contribution is 2.36. The van der Waals surface area contributed by atoms with Crippen molar-refractivity contribution in [3.05, 3.63) is 32.6 Å². The molecular weight excluding hydrogens is 212 g/mol. The van der Waals surface area contributed by atoms with Crippen molar-refractivity contribution in [3.8, 4) is 0 Å². The minimum atomic E-state index is -0.729. The molecule has 16 heavy (non-hydrogen) atoms. The second-order valence-corrected chi connectivity index (χ2v) is 4.21. The molecule has 0 aliphatic heterocycles. The van der Waals surface area contributed by atoms with E-state index in [1.165, 1.54) is 10.8 Å². The summed E-state index contributed by atoms with van der Waals surface area (Å²) >= 11 is 0. The molecule has 1 saturated carbocycles. The first-order valence-corrected chi connectivity index (χ1v) is 5.15. The highest BCUT2D eigenvalue weighted by Gasteiger charge is 2.40. The smallest absolute Gasteiger partial charge is 0.328 e. The Labute approximate surface area is 91.2 Å². The van der Waals surface area contributed by atoms with E-state index >= 15 is 0 Å². The number of rotatable bonds is 2. The topological polar surface area (TPSA) is 95.3 Å². The average molecular weight is 226 g/mol. The van der Waals surface area contributed by atoms with Crippen LogP contribution in [0.25, 0.3) is 0 Å². The number of nitrogens with zero attached hydrogens (tertiary/aromatic N) is 1. The number of hydrogen-bond acceptors (Lipinski definition) is 4. The summed E-state index contributed by atoms with van der Waals surface area (Å²) in [6.07, 6.45) is 1.26. The fourth-order valence-corrected chi connectivity index (χ4v) is 2.00. The van der Waals surface area contributed by atoms with E-state index in [9.17, 15) is 14.7 Å². The van der Waals surface area contributed by atoms with Crippen LogP contribution >= 0.6 is 0 Å². The van der Waals surface area contributed by atoms with Gasteiger partial charge in [0.15, 0.2) is 0 Å². The van der Waals surface area contributed by atoms with Gasteiger partial charge in [-0.1, -0.05) is 0 Å². The van der Waals surface area contributed by atoms with Crippen LogP contribution in [0, 0.1) is 12.8 Å². The lowest BCUT2D eigenvalue weighted by molar-refractivity contribution is -0.0580. The van der Waals surface area contributed by atoms with E-state index in [0.29, 0.717) is 12.0 Å². The molecule has 0 saturated heterocycles. The molecule has 3 atom stereocenters. The standard InChI is InChI=1S/C10H14N2O4/c1-5-3-12(10(16)11-9(5)15)7-2-6(4-13)8(7)14/h3,6-8,13-14H,2,4H2,1H3,(H,11,15,16)/t6-,7-,8-/m0/s1. The molecule has 3 N–H and O–H groups in total. The molecule has 1 aromatic heterocycles. The summed E-state index contributed by atoms with van der Waals surface area (Å²) in [6, 6.07) is -0.347. The van der Waals surface area contributed by atoms with Crippen molar-refractivity contribution in [3.63, 3.8) is 0 Å². The van der Waals surface area contributed by atoms with Gasteiger partial charge in [-0.25, -0.2) is 4.79 Å². The summed E-state index contributed by atoms with van der Waals surface area (Å²) in [5.41, 5.74) is -0.496. The number of aryl methyl sites for hydroxylation is 1. The average Bonchev–Trinajstić information content (AvgIpc) is 2.24. The highest BCUT2D eigenvalue weighted by molar-refractivity contribution is 5.04. The molecule has 88 valence electrons. The third-order valence-electron chi connectivity index (χ3n) is 3.16. The Bertz CT molecular complexity index is 504. The van der Waals surface area contributed by atoms with Gasteiger partial charge in [-0.2, -0.15) is 0 Å². The molecule has 2 rings (SSSR count). The molecule has 6 nitrogen and oxygen atoms in total. The third kappa shape index (κ3) is 1.60. The minimum absolute atomic E-state index is 0.0885. The summed E-state index contributed by atoms with van der Waals surface area (Å²) in [7, 11) is 0. The molecule has 1 aliphatic rings. The number of aliphatic hydroxyl groups excluding tert-OH is 2. The summed E-state index contributed by atoms with van der Waals surface area (Å²) in [5.74, 6) is -0.177. The minimum Gasteiger partial charge on any atom is -0.396 e. The molecule has 0 aromatic carbocycles. The molecule has 0 bridgehead atoms. The maximum Gasteiger partial charge on any atom is 0.328 e. The van der Waals surface area contributed by atoms with Gasteiger partial charge in [0, 0.05) is 24.3 Å². The molecular formula is C10H14N2O4. The Hall–Kier alpha value is -1.40. The summed E-state index contributed by atoms with van der Waals surface area (Å²) in [4.78, 5) is 24.8. The highest BCUT2D eigenvalue weighted by atomic mass is 16.3. The molecule has 1 aliphatic carbocycles. The van der Waals surface area contributed by atoms with E-state index in [2.05, 4.69) is 4.98 Å². The Kier molecular flexibility index (Phi) is 2.69. The van der Waals surface area contributed by atoms with Crippen molar-refractivity contribution in [1.29, 1.82) is 0 Å². The number of aromatic amines is 1. The van der Waals surface area contributed by atoms with Crippen LogP contribution in [0.2, 0.25) is 0 Å². The van der Waals surface area contributed by atoms with E-state index in [1.54, 1.807) is 6.92 Å². The molecule has 1 fully saturated rings. The largest absolute Gasteiger partial charge is 0.396 e. The van der Waals surface area contributed by atoms with Gasteiger partial charge in [0.2, 0.25) is 0 Å². The predicted molar refractivity (Wildman–Crippen MR) is 56.3 cm³/mol. The maximum absolute atomic E-state index is 11.5.